The first-order valence-electron chi connectivity index (χ1n) is 7.45. The molecular formula is C18H19F3N2O. The number of likely N-dealkylation sites (N-methyl/N-ethyl adjacent to an activating group) is 1. The zero-order valence-electron chi connectivity index (χ0n) is 13.5. The Kier molecular flexibility index (Phi) is 5.62. The minimum Gasteiger partial charge on any atom is -0.348 e. The third-order valence-electron chi connectivity index (χ3n) is 3.60. The molecule has 2 rings (SSSR count). The second-order valence-electron chi connectivity index (χ2n) is 5.66. The van der Waals surface area contributed by atoms with Crippen molar-refractivity contribution in [3.05, 3.63) is 59.7 Å². The van der Waals surface area contributed by atoms with Gasteiger partial charge in [0, 0.05) is 20.6 Å². The largest absolute Gasteiger partial charge is 0.416 e. The summed E-state index contributed by atoms with van der Waals surface area (Å²) in [4.78, 5) is 13.0. The summed E-state index contributed by atoms with van der Waals surface area (Å²) in [5.74, 6) is -0.00336. The fourth-order valence-corrected chi connectivity index (χ4v) is 2.14. The van der Waals surface area contributed by atoms with Crippen LogP contribution in [0, 0.1) is 0 Å². The molecule has 0 aromatic heterocycles. The molecular weight excluding hydrogens is 317 g/mol. The van der Waals surface area contributed by atoms with Crippen LogP contribution in [0.1, 0.15) is 11.1 Å². The molecule has 0 spiro atoms. The zero-order chi connectivity index (χ0) is 17.7. The Morgan fingerprint density at radius 1 is 0.958 bits per heavy atom. The van der Waals surface area contributed by atoms with Crippen LogP contribution < -0.4 is 5.32 Å². The number of hydrogen-bond acceptors (Lipinski definition) is 2. The quantitative estimate of drug-likeness (QED) is 0.906. The average Bonchev–Trinajstić information content (AvgIpc) is 2.54. The van der Waals surface area contributed by atoms with Gasteiger partial charge in [0.05, 0.1) is 12.1 Å². The summed E-state index contributed by atoms with van der Waals surface area (Å²) in [6.45, 7) is 0.806. The van der Waals surface area contributed by atoms with Crippen molar-refractivity contribution in [1.82, 2.24) is 10.2 Å². The molecule has 2 aromatic rings. The van der Waals surface area contributed by atoms with Gasteiger partial charge in [-0.25, -0.2) is 0 Å². The topological polar surface area (TPSA) is 32.3 Å². The van der Waals surface area contributed by atoms with Gasteiger partial charge in [0.2, 0.25) is 5.91 Å². The lowest BCUT2D eigenvalue weighted by molar-refractivity contribution is -0.137. The van der Waals surface area contributed by atoms with Gasteiger partial charge in [-0.3, -0.25) is 4.79 Å². The molecule has 1 N–H and O–H groups in total. The molecule has 2 aromatic carbocycles. The first-order chi connectivity index (χ1) is 11.3. The summed E-state index contributed by atoms with van der Waals surface area (Å²) in [6.07, 6.45) is -4.32. The van der Waals surface area contributed by atoms with Crippen LogP contribution >= 0.6 is 0 Å². The maximum atomic E-state index is 12.6. The number of amides is 1. The number of halogens is 3. The molecule has 0 aliphatic rings. The Labute approximate surface area is 139 Å². The highest BCUT2D eigenvalue weighted by molar-refractivity contribution is 5.77. The van der Waals surface area contributed by atoms with Gasteiger partial charge in [0.1, 0.15) is 0 Å². The number of carbonyl (C=O) groups is 1. The van der Waals surface area contributed by atoms with Crippen molar-refractivity contribution in [1.29, 1.82) is 0 Å². The van der Waals surface area contributed by atoms with Gasteiger partial charge in [-0.1, -0.05) is 36.4 Å². The zero-order valence-corrected chi connectivity index (χ0v) is 13.5. The molecule has 3 nitrogen and oxygen atoms in total. The van der Waals surface area contributed by atoms with Crippen molar-refractivity contribution in [3.63, 3.8) is 0 Å². The Bertz CT molecular complexity index is 677. The SMILES string of the molecule is CN(C)C(=O)CNCc1ccc(-c2ccc(C(F)(F)F)cc2)cc1. The van der Waals surface area contributed by atoms with Gasteiger partial charge in [-0.2, -0.15) is 13.2 Å². The van der Waals surface area contributed by atoms with Gasteiger partial charge in [-0.15, -0.1) is 0 Å². The molecule has 0 fully saturated rings. The summed E-state index contributed by atoms with van der Waals surface area (Å²) in [5.41, 5.74) is 1.91. The Morgan fingerprint density at radius 2 is 1.46 bits per heavy atom. The summed E-state index contributed by atoms with van der Waals surface area (Å²) in [7, 11) is 3.39. The van der Waals surface area contributed by atoms with E-state index in [0.29, 0.717) is 6.54 Å². The molecule has 0 atom stereocenters. The van der Waals surface area contributed by atoms with Crippen LogP contribution in [0.3, 0.4) is 0 Å². The minimum absolute atomic E-state index is 0.00336. The lowest BCUT2D eigenvalue weighted by Crippen LogP contribution is -2.32. The molecule has 0 radical (unpaired) electrons. The predicted octanol–water partition coefficient (Wildman–Crippen LogP) is 3.55. The fourth-order valence-electron chi connectivity index (χ4n) is 2.14. The van der Waals surface area contributed by atoms with Gasteiger partial charge < -0.3 is 10.2 Å². The molecule has 6 heteroatoms. The van der Waals surface area contributed by atoms with Gasteiger partial charge >= 0.3 is 6.18 Å². The van der Waals surface area contributed by atoms with Gasteiger partial charge in [0.15, 0.2) is 0 Å². The van der Waals surface area contributed by atoms with E-state index >= 15 is 0 Å². The molecule has 128 valence electrons. The molecule has 0 aliphatic carbocycles. The van der Waals surface area contributed by atoms with E-state index in [0.717, 1.165) is 28.8 Å². The van der Waals surface area contributed by atoms with Crippen LogP contribution in [0.25, 0.3) is 11.1 Å². The predicted molar refractivity (Wildman–Crippen MR) is 87.3 cm³/mol. The molecule has 0 unspecified atom stereocenters. The number of benzene rings is 2. The van der Waals surface area contributed by atoms with Crippen molar-refractivity contribution < 1.29 is 18.0 Å². The number of hydrogen-bond donors (Lipinski definition) is 1. The average molecular weight is 336 g/mol. The highest BCUT2D eigenvalue weighted by Gasteiger charge is 2.29. The minimum atomic E-state index is -4.32. The van der Waals surface area contributed by atoms with Crippen LogP contribution in [0.15, 0.2) is 48.5 Å². The molecule has 0 saturated heterocycles. The van der Waals surface area contributed by atoms with Crippen LogP contribution in [-0.2, 0) is 17.5 Å². The summed E-state index contributed by atoms with van der Waals surface area (Å²) in [6, 6.07) is 12.6. The van der Waals surface area contributed by atoms with E-state index in [4.69, 9.17) is 0 Å². The second-order valence-corrected chi connectivity index (χ2v) is 5.66. The monoisotopic (exact) mass is 336 g/mol. The molecule has 0 saturated carbocycles. The number of nitrogens with zero attached hydrogens (tertiary/aromatic N) is 1. The van der Waals surface area contributed by atoms with Crippen LogP contribution in [0.2, 0.25) is 0 Å². The molecule has 0 heterocycles. The van der Waals surface area contributed by atoms with Crippen molar-refractivity contribution in [2.24, 2.45) is 0 Å². The second kappa shape index (κ2) is 7.49. The van der Waals surface area contributed by atoms with Gasteiger partial charge in [-0.05, 0) is 28.8 Å². The van der Waals surface area contributed by atoms with E-state index in [1.54, 1.807) is 14.1 Å². The number of carbonyl (C=O) groups excluding carboxylic acids is 1. The Balaban J connectivity index is 1.98. The van der Waals surface area contributed by atoms with Crippen LogP contribution in [0.4, 0.5) is 13.2 Å². The summed E-state index contributed by atoms with van der Waals surface area (Å²) in [5, 5.41) is 3.05. The lowest BCUT2D eigenvalue weighted by atomic mass is 10.0. The van der Waals surface area contributed by atoms with E-state index in [-0.39, 0.29) is 12.5 Å². The maximum absolute atomic E-state index is 12.6. The number of alkyl halides is 3. The third-order valence-corrected chi connectivity index (χ3v) is 3.60. The Morgan fingerprint density at radius 3 is 1.92 bits per heavy atom. The standard InChI is InChI=1S/C18H19F3N2O/c1-23(2)17(24)12-22-11-13-3-5-14(6-4-13)15-7-9-16(10-8-15)18(19,20)21/h3-10,22H,11-12H2,1-2H3. The first kappa shape index (κ1) is 18.0. The molecule has 0 aliphatic heterocycles. The van der Waals surface area contributed by atoms with E-state index in [9.17, 15) is 18.0 Å². The molecule has 1 amide bonds. The Hall–Kier alpha value is -2.34. The van der Waals surface area contributed by atoms with E-state index < -0.39 is 11.7 Å². The first-order valence-corrected chi connectivity index (χ1v) is 7.45. The summed E-state index contributed by atoms with van der Waals surface area (Å²) >= 11 is 0. The van der Waals surface area contributed by atoms with E-state index in [1.807, 2.05) is 24.3 Å². The number of rotatable bonds is 5. The van der Waals surface area contributed by atoms with E-state index in [2.05, 4.69) is 5.32 Å². The fraction of sp³-hybridized carbons (Fsp3) is 0.278. The molecule has 0 bridgehead atoms. The van der Waals surface area contributed by atoms with Crippen molar-refractivity contribution in [3.8, 4) is 11.1 Å². The van der Waals surface area contributed by atoms with Crippen molar-refractivity contribution in [2.45, 2.75) is 12.7 Å². The smallest absolute Gasteiger partial charge is 0.348 e. The van der Waals surface area contributed by atoms with Crippen LogP contribution in [-0.4, -0.2) is 31.4 Å². The highest BCUT2D eigenvalue weighted by atomic mass is 19.4. The summed E-state index contributed by atoms with van der Waals surface area (Å²) < 4.78 is 37.7. The normalized spacial score (nSPS) is 11.4. The van der Waals surface area contributed by atoms with Crippen molar-refractivity contribution in [2.75, 3.05) is 20.6 Å². The maximum Gasteiger partial charge on any atom is 0.416 e. The van der Waals surface area contributed by atoms with Gasteiger partial charge in [0.25, 0.3) is 0 Å². The van der Waals surface area contributed by atoms with Crippen LogP contribution in [0.5, 0.6) is 0 Å². The highest BCUT2D eigenvalue weighted by Crippen LogP contribution is 2.30. The third kappa shape index (κ3) is 4.83. The van der Waals surface area contributed by atoms with Crippen molar-refractivity contribution >= 4 is 5.91 Å². The number of nitrogens with one attached hydrogen (secondary N) is 1. The van der Waals surface area contributed by atoms with E-state index in [1.165, 1.54) is 17.0 Å². The molecule has 24 heavy (non-hydrogen) atoms. The lowest BCUT2D eigenvalue weighted by Gasteiger charge is -2.11.